The summed E-state index contributed by atoms with van der Waals surface area (Å²) in [6.45, 7) is 0.240. The number of carboxylic acid groups (broad SMARTS) is 1. The van der Waals surface area contributed by atoms with Gasteiger partial charge in [-0.2, -0.15) is 0 Å². The van der Waals surface area contributed by atoms with Crippen molar-refractivity contribution in [3.05, 3.63) is 35.4 Å². The molecule has 1 heterocycles. The van der Waals surface area contributed by atoms with Gasteiger partial charge in [-0.3, -0.25) is 9.69 Å². The molecule has 1 N–H and O–H groups in total. The van der Waals surface area contributed by atoms with Gasteiger partial charge in [-0.15, -0.1) is 0 Å². The van der Waals surface area contributed by atoms with E-state index in [1.165, 1.54) is 12.1 Å². The quantitative estimate of drug-likeness (QED) is 0.931. The number of hydrogen-bond donors (Lipinski definition) is 1. The summed E-state index contributed by atoms with van der Waals surface area (Å²) < 4.78 is 26.8. The van der Waals surface area contributed by atoms with Crippen molar-refractivity contribution in [2.45, 2.75) is 50.7 Å². The molecule has 1 aromatic rings. The van der Waals surface area contributed by atoms with Gasteiger partial charge in [-0.1, -0.05) is 18.9 Å². The van der Waals surface area contributed by atoms with Gasteiger partial charge in [0.15, 0.2) is 0 Å². The number of carboxylic acids is 1. The molecule has 3 nitrogen and oxygen atoms in total. The van der Waals surface area contributed by atoms with Crippen molar-refractivity contribution in [3.63, 3.8) is 0 Å². The first-order valence-electron chi connectivity index (χ1n) is 7.48. The number of carbonyl (C=O) groups is 1. The van der Waals surface area contributed by atoms with Gasteiger partial charge < -0.3 is 5.11 Å². The van der Waals surface area contributed by atoms with E-state index in [2.05, 4.69) is 0 Å². The minimum Gasteiger partial charge on any atom is -0.480 e. The number of halogens is 2. The Hall–Kier alpha value is -1.49. The van der Waals surface area contributed by atoms with Crippen LogP contribution < -0.4 is 0 Å². The summed E-state index contributed by atoms with van der Waals surface area (Å²) in [6, 6.07) is 3.16. The summed E-state index contributed by atoms with van der Waals surface area (Å²) in [5.74, 6) is -1.66. The van der Waals surface area contributed by atoms with E-state index in [1.807, 2.05) is 4.90 Å². The van der Waals surface area contributed by atoms with Gasteiger partial charge in [0.05, 0.1) is 0 Å². The molecule has 0 radical (unpaired) electrons. The molecular formula is C16H19F2NO2. The van der Waals surface area contributed by atoms with Crippen LogP contribution in [-0.4, -0.2) is 28.1 Å². The van der Waals surface area contributed by atoms with Crippen LogP contribution in [0.5, 0.6) is 0 Å². The van der Waals surface area contributed by atoms with Crippen LogP contribution in [0.2, 0.25) is 0 Å². The van der Waals surface area contributed by atoms with E-state index in [-0.39, 0.29) is 12.6 Å². The summed E-state index contributed by atoms with van der Waals surface area (Å²) in [6.07, 6.45) is 4.90. The zero-order valence-electron chi connectivity index (χ0n) is 11.8. The lowest BCUT2D eigenvalue weighted by molar-refractivity contribution is -0.142. The van der Waals surface area contributed by atoms with Crippen molar-refractivity contribution in [1.82, 2.24) is 4.90 Å². The molecule has 3 rings (SSSR count). The van der Waals surface area contributed by atoms with Gasteiger partial charge in [0.1, 0.15) is 17.7 Å². The third-order valence-electron chi connectivity index (χ3n) is 4.87. The lowest BCUT2D eigenvalue weighted by Crippen LogP contribution is -2.41. The van der Waals surface area contributed by atoms with Crippen molar-refractivity contribution < 1.29 is 18.7 Å². The average molecular weight is 295 g/mol. The number of likely N-dealkylation sites (tertiary alicyclic amines) is 1. The zero-order valence-corrected chi connectivity index (χ0v) is 11.8. The Morgan fingerprint density at radius 2 is 2.05 bits per heavy atom. The number of rotatable bonds is 3. The predicted molar refractivity (Wildman–Crippen MR) is 73.7 cm³/mol. The van der Waals surface area contributed by atoms with Crippen molar-refractivity contribution in [3.8, 4) is 0 Å². The normalized spacial score (nSPS) is 29.3. The molecule has 1 aromatic carbocycles. The molecule has 21 heavy (non-hydrogen) atoms. The van der Waals surface area contributed by atoms with Crippen molar-refractivity contribution >= 4 is 5.97 Å². The van der Waals surface area contributed by atoms with Crippen molar-refractivity contribution in [1.29, 1.82) is 0 Å². The smallest absolute Gasteiger partial charge is 0.320 e. The lowest BCUT2D eigenvalue weighted by Gasteiger charge is -2.33. The summed E-state index contributed by atoms with van der Waals surface area (Å²) in [4.78, 5) is 13.4. The van der Waals surface area contributed by atoms with Crippen LogP contribution in [0.4, 0.5) is 8.78 Å². The zero-order chi connectivity index (χ0) is 15.0. The first-order valence-corrected chi connectivity index (χ1v) is 7.48. The van der Waals surface area contributed by atoms with E-state index in [1.54, 1.807) is 0 Å². The number of benzene rings is 1. The molecule has 0 aromatic heterocycles. The molecule has 1 saturated heterocycles. The van der Waals surface area contributed by atoms with Crippen LogP contribution in [0.1, 0.15) is 37.7 Å². The van der Waals surface area contributed by atoms with E-state index in [9.17, 15) is 18.7 Å². The SMILES string of the molecule is O=C(O)[C@@H]1C[C@H]2CCCC[C@@H]2N1Cc1ccc(F)cc1F. The average Bonchev–Trinajstić information content (AvgIpc) is 2.81. The highest BCUT2D eigenvalue weighted by atomic mass is 19.1. The monoisotopic (exact) mass is 295 g/mol. The van der Waals surface area contributed by atoms with Gasteiger partial charge in [-0.25, -0.2) is 8.78 Å². The van der Waals surface area contributed by atoms with Gasteiger partial charge >= 0.3 is 5.97 Å². The van der Waals surface area contributed by atoms with Crippen LogP contribution in [0.3, 0.4) is 0 Å². The maximum Gasteiger partial charge on any atom is 0.320 e. The second-order valence-corrected chi connectivity index (χ2v) is 6.11. The standard InChI is InChI=1S/C16H19F2NO2/c17-12-6-5-11(13(18)8-12)9-19-14-4-2-1-3-10(14)7-15(19)16(20)21/h5-6,8,10,14-15H,1-4,7,9H2,(H,20,21)/t10-,14+,15+/m1/s1. The van der Waals surface area contributed by atoms with E-state index >= 15 is 0 Å². The molecule has 114 valence electrons. The Labute approximate surface area is 122 Å². The van der Waals surface area contributed by atoms with Gasteiger partial charge in [0.25, 0.3) is 0 Å². The van der Waals surface area contributed by atoms with Gasteiger partial charge in [-0.05, 0) is 31.2 Å². The first-order chi connectivity index (χ1) is 10.1. The fraction of sp³-hybridized carbons (Fsp3) is 0.562. The van der Waals surface area contributed by atoms with Crippen LogP contribution in [0.25, 0.3) is 0 Å². The number of nitrogens with zero attached hydrogens (tertiary/aromatic N) is 1. The minimum atomic E-state index is -0.841. The summed E-state index contributed by atoms with van der Waals surface area (Å²) in [5.41, 5.74) is 0.369. The molecule has 1 aliphatic carbocycles. The first kappa shape index (κ1) is 14.4. The molecule has 1 aliphatic heterocycles. The molecule has 0 spiro atoms. The minimum absolute atomic E-state index is 0.212. The molecular weight excluding hydrogens is 276 g/mol. The highest BCUT2D eigenvalue weighted by Gasteiger charge is 2.45. The maximum atomic E-state index is 13.8. The Kier molecular flexibility index (Phi) is 3.93. The topological polar surface area (TPSA) is 40.5 Å². The fourth-order valence-corrected chi connectivity index (χ4v) is 3.87. The predicted octanol–water partition coefficient (Wildman–Crippen LogP) is 3.18. The Morgan fingerprint density at radius 3 is 2.76 bits per heavy atom. The van der Waals surface area contributed by atoms with Crippen molar-refractivity contribution in [2.24, 2.45) is 5.92 Å². The summed E-state index contributed by atoms with van der Waals surface area (Å²) in [5, 5.41) is 9.43. The lowest BCUT2D eigenvalue weighted by atomic mass is 9.84. The fourth-order valence-electron chi connectivity index (χ4n) is 3.87. The third kappa shape index (κ3) is 2.79. The van der Waals surface area contributed by atoms with Crippen LogP contribution in [-0.2, 0) is 11.3 Å². The van der Waals surface area contributed by atoms with Gasteiger partial charge in [0, 0.05) is 24.2 Å². The van der Waals surface area contributed by atoms with Gasteiger partial charge in [0.2, 0.25) is 0 Å². The number of aliphatic carboxylic acids is 1. The van der Waals surface area contributed by atoms with E-state index < -0.39 is 23.6 Å². The van der Waals surface area contributed by atoms with E-state index in [4.69, 9.17) is 0 Å². The molecule has 1 saturated carbocycles. The second-order valence-electron chi connectivity index (χ2n) is 6.11. The molecule has 0 unspecified atom stereocenters. The molecule has 5 heteroatoms. The third-order valence-corrected chi connectivity index (χ3v) is 4.87. The van der Waals surface area contributed by atoms with E-state index in [0.717, 1.165) is 31.7 Å². The highest BCUT2D eigenvalue weighted by molar-refractivity contribution is 5.74. The van der Waals surface area contributed by atoms with Crippen LogP contribution in [0.15, 0.2) is 18.2 Å². The van der Waals surface area contributed by atoms with Crippen LogP contribution >= 0.6 is 0 Å². The number of fused-ring (bicyclic) bond motifs is 1. The molecule has 0 amide bonds. The summed E-state index contributed by atoms with van der Waals surface area (Å²) in [7, 11) is 0. The Bertz CT molecular complexity index is 549. The number of hydrogen-bond acceptors (Lipinski definition) is 2. The van der Waals surface area contributed by atoms with Crippen LogP contribution in [0, 0.1) is 17.6 Å². The van der Waals surface area contributed by atoms with Crippen molar-refractivity contribution in [2.75, 3.05) is 0 Å². The molecule has 0 bridgehead atoms. The molecule has 3 atom stereocenters. The van der Waals surface area contributed by atoms with E-state index in [0.29, 0.717) is 17.9 Å². The molecule has 2 aliphatic rings. The summed E-state index contributed by atoms with van der Waals surface area (Å²) >= 11 is 0. The second kappa shape index (κ2) is 5.72. The maximum absolute atomic E-state index is 13.8. The highest BCUT2D eigenvalue weighted by Crippen LogP contribution is 2.40. The largest absolute Gasteiger partial charge is 0.480 e. The Balaban J connectivity index is 1.84. The molecule has 2 fully saturated rings. The Morgan fingerprint density at radius 1 is 1.29 bits per heavy atom.